The number of morpholine rings is 1. The van der Waals surface area contributed by atoms with E-state index in [-0.39, 0.29) is 24.4 Å². The Hall–Kier alpha value is -1.14. The number of carbonyl (C=O) groups is 2. The maximum atomic E-state index is 11.5. The van der Waals surface area contributed by atoms with Crippen LogP contribution in [-0.4, -0.2) is 48.8 Å². The number of rotatable bonds is 5. The van der Waals surface area contributed by atoms with Crippen LogP contribution in [0.4, 0.5) is 0 Å². The lowest BCUT2D eigenvalue weighted by Gasteiger charge is -2.23. The van der Waals surface area contributed by atoms with Gasteiger partial charge < -0.3 is 20.5 Å². The first-order valence-corrected chi connectivity index (χ1v) is 5.40. The van der Waals surface area contributed by atoms with E-state index in [4.69, 9.17) is 9.84 Å². The van der Waals surface area contributed by atoms with Crippen LogP contribution in [-0.2, 0) is 14.3 Å². The highest BCUT2D eigenvalue weighted by molar-refractivity contribution is 5.77. The normalized spacial score (nSPS) is 22.4. The molecule has 2 unspecified atom stereocenters. The van der Waals surface area contributed by atoms with Gasteiger partial charge in [-0.2, -0.15) is 0 Å². The lowest BCUT2D eigenvalue weighted by Crippen LogP contribution is -2.45. The molecule has 1 heterocycles. The van der Waals surface area contributed by atoms with E-state index in [2.05, 4.69) is 10.6 Å². The second kappa shape index (κ2) is 6.44. The Bertz CT molecular complexity index is 251. The molecule has 6 nitrogen and oxygen atoms in total. The topological polar surface area (TPSA) is 87.7 Å². The molecule has 0 bridgehead atoms. The van der Waals surface area contributed by atoms with Crippen molar-refractivity contribution < 1.29 is 19.4 Å². The van der Waals surface area contributed by atoms with E-state index in [9.17, 15) is 9.59 Å². The Balaban J connectivity index is 2.21. The van der Waals surface area contributed by atoms with Crippen molar-refractivity contribution >= 4 is 11.9 Å². The van der Waals surface area contributed by atoms with Gasteiger partial charge in [-0.3, -0.25) is 9.59 Å². The van der Waals surface area contributed by atoms with Gasteiger partial charge in [0.1, 0.15) is 0 Å². The lowest BCUT2D eigenvalue weighted by molar-refractivity contribution is -0.137. The van der Waals surface area contributed by atoms with Gasteiger partial charge in [0.15, 0.2) is 0 Å². The molecule has 1 aliphatic rings. The van der Waals surface area contributed by atoms with Crippen molar-refractivity contribution in [2.24, 2.45) is 0 Å². The Labute approximate surface area is 94.3 Å². The summed E-state index contributed by atoms with van der Waals surface area (Å²) in [6.45, 7) is 3.63. The standard InChI is InChI=1S/C10H18N2O4/c1-7(4-10(14)15)12-9(13)5-8-6-16-3-2-11-8/h7-8,11H,2-6H2,1H3,(H,12,13)(H,14,15). The molecule has 3 N–H and O–H groups in total. The molecule has 1 fully saturated rings. The second-order valence-electron chi connectivity index (χ2n) is 4.00. The molecule has 92 valence electrons. The average molecular weight is 230 g/mol. The third-order valence-corrected chi connectivity index (χ3v) is 2.32. The van der Waals surface area contributed by atoms with Crippen LogP contribution in [0.15, 0.2) is 0 Å². The van der Waals surface area contributed by atoms with Crippen molar-refractivity contribution in [3.8, 4) is 0 Å². The Morgan fingerprint density at radius 2 is 2.38 bits per heavy atom. The quantitative estimate of drug-likeness (QED) is 0.584. The molecule has 0 aromatic rings. The van der Waals surface area contributed by atoms with E-state index in [1.165, 1.54) is 0 Å². The van der Waals surface area contributed by atoms with Crippen molar-refractivity contribution in [1.82, 2.24) is 10.6 Å². The number of amides is 1. The highest BCUT2D eigenvalue weighted by atomic mass is 16.5. The van der Waals surface area contributed by atoms with Gasteiger partial charge in [0.05, 0.1) is 19.6 Å². The first-order chi connectivity index (χ1) is 7.58. The Morgan fingerprint density at radius 1 is 1.62 bits per heavy atom. The molecule has 2 atom stereocenters. The fourth-order valence-electron chi connectivity index (χ4n) is 1.62. The predicted octanol–water partition coefficient (Wildman–Crippen LogP) is -0.656. The lowest BCUT2D eigenvalue weighted by atomic mass is 10.1. The molecule has 0 saturated carbocycles. The van der Waals surface area contributed by atoms with Crippen molar-refractivity contribution in [1.29, 1.82) is 0 Å². The molecule has 1 aliphatic heterocycles. The molecule has 0 aromatic carbocycles. The number of aliphatic carboxylic acids is 1. The van der Waals surface area contributed by atoms with Gasteiger partial charge in [-0.05, 0) is 6.92 Å². The minimum atomic E-state index is -0.910. The number of hydrogen-bond donors (Lipinski definition) is 3. The first-order valence-electron chi connectivity index (χ1n) is 5.40. The smallest absolute Gasteiger partial charge is 0.305 e. The summed E-state index contributed by atoms with van der Waals surface area (Å²) < 4.78 is 5.22. The van der Waals surface area contributed by atoms with Crippen molar-refractivity contribution in [2.45, 2.75) is 31.8 Å². The Morgan fingerprint density at radius 3 is 2.94 bits per heavy atom. The summed E-state index contributed by atoms with van der Waals surface area (Å²) in [6, 6.07) is -0.305. The molecule has 0 aromatic heterocycles. The molecule has 1 amide bonds. The van der Waals surface area contributed by atoms with Gasteiger partial charge in [-0.1, -0.05) is 0 Å². The summed E-state index contributed by atoms with van der Waals surface area (Å²) in [6.07, 6.45) is 0.268. The van der Waals surface area contributed by atoms with Gasteiger partial charge in [0, 0.05) is 25.0 Å². The van der Waals surface area contributed by atoms with E-state index in [1.54, 1.807) is 6.92 Å². The van der Waals surface area contributed by atoms with E-state index in [1.807, 2.05) is 0 Å². The number of carboxylic acid groups (broad SMARTS) is 1. The molecular formula is C10H18N2O4. The summed E-state index contributed by atoms with van der Waals surface area (Å²) in [5, 5.41) is 14.3. The van der Waals surface area contributed by atoms with Crippen LogP contribution < -0.4 is 10.6 Å². The monoisotopic (exact) mass is 230 g/mol. The van der Waals surface area contributed by atoms with Crippen LogP contribution in [0.3, 0.4) is 0 Å². The van der Waals surface area contributed by atoms with Crippen molar-refractivity contribution in [3.63, 3.8) is 0 Å². The zero-order chi connectivity index (χ0) is 12.0. The van der Waals surface area contributed by atoms with Crippen LogP contribution in [0.2, 0.25) is 0 Å². The van der Waals surface area contributed by atoms with E-state index < -0.39 is 5.97 Å². The average Bonchev–Trinajstić information content (AvgIpc) is 2.17. The second-order valence-corrected chi connectivity index (χ2v) is 4.00. The minimum Gasteiger partial charge on any atom is -0.481 e. The van der Waals surface area contributed by atoms with Crippen molar-refractivity contribution in [3.05, 3.63) is 0 Å². The van der Waals surface area contributed by atoms with Crippen molar-refractivity contribution in [2.75, 3.05) is 19.8 Å². The molecule has 1 saturated heterocycles. The van der Waals surface area contributed by atoms with Crippen LogP contribution in [0.1, 0.15) is 19.8 Å². The van der Waals surface area contributed by atoms with Gasteiger partial charge in [-0.15, -0.1) is 0 Å². The molecule has 1 rings (SSSR count). The molecular weight excluding hydrogens is 212 g/mol. The SMILES string of the molecule is CC(CC(=O)O)NC(=O)CC1COCCN1. The van der Waals surface area contributed by atoms with Gasteiger partial charge in [-0.25, -0.2) is 0 Å². The third-order valence-electron chi connectivity index (χ3n) is 2.32. The predicted molar refractivity (Wildman–Crippen MR) is 57.1 cm³/mol. The van der Waals surface area contributed by atoms with Gasteiger partial charge in [0.25, 0.3) is 0 Å². The van der Waals surface area contributed by atoms with Gasteiger partial charge in [0.2, 0.25) is 5.91 Å². The number of hydrogen-bond acceptors (Lipinski definition) is 4. The minimum absolute atomic E-state index is 0.0331. The maximum absolute atomic E-state index is 11.5. The van der Waals surface area contributed by atoms with Crippen LogP contribution in [0, 0.1) is 0 Å². The molecule has 0 radical (unpaired) electrons. The summed E-state index contributed by atoms with van der Waals surface area (Å²) in [7, 11) is 0. The zero-order valence-electron chi connectivity index (χ0n) is 9.36. The van der Waals surface area contributed by atoms with Crippen LogP contribution >= 0.6 is 0 Å². The highest BCUT2D eigenvalue weighted by Crippen LogP contribution is 1.99. The Kier molecular flexibility index (Phi) is 5.21. The molecule has 0 aliphatic carbocycles. The van der Waals surface area contributed by atoms with E-state index in [0.717, 1.165) is 6.54 Å². The van der Waals surface area contributed by atoms with Crippen LogP contribution in [0.25, 0.3) is 0 Å². The van der Waals surface area contributed by atoms with E-state index >= 15 is 0 Å². The van der Waals surface area contributed by atoms with Crippen LogP contribution in [0.5, 0.6) is 0 Å². The number of carbonyl (C=O) groups excluding carboxylic acids is 1. The zero-order valence-corrected chi connectivity index (χ0v) is 9.36. The molecule has 0 spiro atoms. The number of ether oxygens (including phenoxy) is 1. The highest BCUT2D eigenvalue weighted by Gasteiger charge is 2.18. The fourth-order valence-corrected chi connectivity index (χ4v) is 1.62. The fraction of sp³-hybridized carbons (Fsp3) is 0.800. The summed E-state index contributed by atoms with van der Waals surface area (Å²) in [5.41, 5.74) is 0. The summed E-state index contributed by atoms with van der Waals surface area (Å²) in [4.78, 5) is 21.9. The maximum Gasteiger partial charge on any atom is 0.305 e. The van der Waals surface area contributed by atoms with Gasteiger partial charge >= 0.3 is 5.97 Å². The molecule has 6 heteroatoms. The summed E-state index contributed by atoms with van der Waals surface area (Å²) in [5.74, 6) is -1.05. The first kappa shape index (κ1) is 12.9. The molecule has 16 heavy (non-hydrogen) atoms. The third kappa shape index (κ3) is 5.09. The number of nitrogens with one attached hydrogen (secondary N) is 2. The summed E-state index contributed by atoms with van der Waals surface area (Å²) >= 11 is 0. The largest absolute Gasteiger partial charge is 0.481 e. The van der Waals surface area contributed by atoms with E-state index in [0.29, 0.717) is 19.6 Å². The number of carboxylic acids is 1.